The zero-order valence-electron chi connectivity index (χ0n) is 14.0. The van der Waals surface area contributed by atoms with Gasteiger partial charge in [-0.3, -0.25) is 0 Å². The average Bonchev–Trinajstić information content (AvgIpc) is 2.73. The van der Waals surface area contributed by atoms with Gasteiger partial charge in [-0.25, -0.2) is 23.1 Å². The Balaban J connectivity index is 0.00000484. The minimum atomic E-state index is -3.13. The Kier molecular flexibility index (Phi) is 10.4. The van der Waals surface area contributed by atoms with Gasteiger partial charge in [-0.05, 0) is 27.2 Å². The third-order valence-corrected chi connectivity index (χ3v) is 3.53. The first-order valence-corrected chi connectivity index (χ1v) is 9.10. The van der Waals surface area contributed by atoms with Crippen LogP contribution in [-0.4, -0.2) is 45.3 Å². The third kappa shape index (κ3) is 9.76. The molecule has 1 heterocycles. The van der Waals surface area contributed by atoms with Gasteiger partial charge in [0.15, 0.2) is 5.96 Å². The van der Waals surface area contributed by atoms with Gasteiger partial charge in [0, 0.05) is 19.6 Å². The van der Waals surface area contributed by atoms with Crippen LogP contribution in [0.1, 0.15) is 30.7 Å². The fourth-order valence-electron chi connectivity index (χ4n) is 1.65. The summed E-state index contributed by atoms with van der Waals surface area (Å²) >= 11 is 0. The Morgan fingerprint density at radius 3 is 2.48 bits per heavy atom. The van der Waals surface area contributed by atoms with Crippen molar-refractivity contribution in [3.63, 3.8) is 0 Å². The summed E-state index contributed by atoms with van der Waals surface area (Å²) in [6, 6.07) is 0. The van der Waals surface area contributed by atoms with E-state index < -0.39 is 10.0 Å². The van der Waals surface area contributed by atoms with E-state index in [0.717, 1.165) is 24.3 Å². The molecule has 134 valence electrons. The lowest BCUT2D eigenvalue weighted by Crippen LogP contribution is -2.38. The van der Waals surface area contributed by atoms with Gasteiger partial charge in [0.1, 0.15) is 12.3 Å². The molecule has 0 saturated heterocycles. The van der Waals surface area contributed by atoms with Crippen LogP contribution in [0.25, 0.3) is 0 Å². The Bertz CT molecular complexity index is 581. The zero-order valence-corrected chi connectivity index (χ0v) is 17.1. The van der Waals surface area contributed by atoms with Crippen LogP contribution >= 0.6 is 24.0 Å². The summed E-state index contributed by atoms with van der Waals surface area (Å²) in [5.74, 6) is 2.02. The maximum atomic E-state index is 10.9. The summed E-state index contributed by atoms with van der Waals surface area (Å²) in [5, 5.41) is 6.25. The van der Waals surface area contributed by atoms with Gasteiger partial charge in [-0.15, -0.1) is 24.0 Å². The molecule has 0 fully saturated rings. The van der Waals surface area contributed by atoms with E-state index in [4.69, 9.17) is 4.42 Å². The standard InChI is InChI=1S/C13H25N5O3S.HI/c1-5-14-13(15-7-6-8-17-22(4,19)20)16-9-12-18-10(2)11(3)21-12;/h17H,5-9H2,1-4H3,(H2,14,15,16);1H. The van der Waals surface area contributed by atoms with Gasteiger partial charge in [0.25, 0.3) is 0 Å². The predicted octanol–water partition coefficient (Wildman–Crippen LogP) is 0.904. The molecule has 1 rings (SSSR count). The molecule has 0 spiro atoms. The highest BCUT2D eigenvalue weighted by atomic mass is 127. The van der Waals surface area contributed by atoms with Gasteiger partial charge in [0.05, 0.1) is 11.9 Å². The molecular weight excluding hydrogens is 433 g/mol. The molecule has 0 radical (unpaired) electrons. The number of oxazole rings is 1. The van der Waals surface area contributed by atoms with Crippen LogP contribution in [0.2, 0.25) is 0 Å². The molecule has 8 nitrogen and oxygen atoms in total. The van der Waals surface area contributed by atoms with Gasteiger partial charge in [-0.1, -0.05) is 0 Å². The average molecular weight is 459 g/mol. The zero-order chi connectivity index (χ0) is 16.6. The van der Waals surface area contributed by atoms with Crippen LogP contribution in [0.3, 0.4) is 0 Å². The summed E-state index contributed by atoms with van der Waals surface area (Å²) in [4.78, 5) is 8.66. The highest BCUT2D eigenvalue weighted by molar-refractivity contribution is 14.0. The molecule has 0 saturated carbocycles. The second-order valence-electron chi connectivity index (χ2n) is 4.89. The lowest BCUT2D eigenvalue weighted by Gasteiger charge is -2.10. The molecule has 1 aromatic rings. The molecule has 0 aliphatic heterocycles. The lowest BCUT2D eigenvalue weighted by atomic mass is 10.4. The Morgan fingerprint density at radius 1 is 1.26 bits per heavy atom. The van der Waals surface area contributed by atoms with Crippen molar-refractivity contribution in [2.24, 2.45) is 4.99 Å². The number of nitrogens with one attached hydrogen (secondary N) is 3. The first-order valence-electron chi connectivity index (χ1n) is 7.21. The number of guanidine groups is 1. The summed E-state index contributed by atoms with van der Waals surface area (Å²) in [6.45, 7) is 7.82. The minimum Gasteiger partial charge on any atom is -0.444 e. The number of aliphatic imine (C=N–C) groups is 1. The second kappa shape index (κ2) is 10.8. The fourth-order valence-corrected chi connectivity index (χ4v) is 2.16. The summed E-state index contributed by atoms with van der Waals surface area (Å²) in [6.07, 6.45) is 1.81. The van der Waals surface area contributed by atoms with Crippen molar-refractivity contribution in [3.05, 3.63) is 17.3 Å². The quantitative estimate of drug-likeness (QED) is 0.231. The van der Waals surface area contributed by atoms with Gasteiger partial charge >= 0.3 is 0 Å². The molecule has 0 amide bonds. The smallest absolute Gasteiger partial charge is 0.216 e. The molecule has 1 aromatic heterocycles. The maximum Gasteiger partial charge on any atom is 0.216 e. The third-order valence-electron chi connectivity index (χ3n) is 2.80. The number of aromatic nitrogens is 1. The van der Waals surface area contributed by atoms with Gasteiger partial charge in [-0.2, -0.15) is 0 Å². The number of sulfonamides is 1. The van der Waals surface area contributed by atoms with Crippen LogP contribution in [0.5, 0.6) is 0 Å². The van der Waals surface area contributed by atoms with Crippen molar-refractivity contribution in [1.82, 2.24) is 20.3 Å². The minimum absolute atomic E-state index is 0. The number of halogens is 1. The highest BCUT2D eigenvalue weighted by Gasteiger charge is 2.05. The molecule has 0 aliphatic rings. The van der Waals surface area contributed by atoms with E-state index in [9.17, 15) is 8.42 Å². The van der Waals surface area contributed by atoms with Gasteiger partial charge in [0.2, 0.25) is 15.9 Å². The van der Waals surface area contributed by atoms with E-state index in [-0.39, 0.29) is 24.0 Å². The summed E-state index contributed by atoms with van der Waals surface area (Å²) in [5.41, 5.74) is 0.870. The molecule has 10 heteroatoms. The Labute approximate surface area is 155 Å². The monoisotopic (exact) mass is 459 g/mol. The Morgan fingerprint density at radius 2 is 1.96 bits per heavy atom. The number of aryl methyl sites for hydroxylation is 2. The van der Waals surface area contributed by atoms with Crippen molar-refractivity contribution < 1.29 is 12.8 Å². The summed E-state index contributed by atoms with van der Waals surface area (Å²) < 4.78 is 29.8. The molecule has 23 heavy (non-hydrogen) atoms. The van der Waals surface area contributed by atoms with E-state index in [2.05, 4.69) is 25.3 Å². The largest absolute Gasteiger partial charge is 0.444 e. The topological polar surface area (TPSA) is 109 Å². The molecule has 0 aromatic carbocycles. The number of hydrogen-bond acceptors (Lipinski definition) is 5. The van der Waals surface area contributed by atoms with E-state index in [1.807, 2.05) is 20.8 Å². The first kappa shape index (κ1) is 22.1. The molecular formula is C13H26IN5O3S. The SMILES string of the molecule is CCNC(=NCc1nc(C)c(C)o1)NCCCNS(C)(=O)=O.I. The van der Waals surface area contributed by atoms with Crippen LogP contribution < -0.4 is 15.4 Å². The van der Waals surface area contributed by atoms with Crippen molar-refractivity contribution in [2.45, 2.75) is 33.7 Å². The van der Waals surface area contributed by atoms with Crippen molar-refractivity contribution in [1.29, 1.82) is 0 Å². The Hall–Kier alpha value is -0.880. The molecule has 3 N–H and O–H groups in total. The normalized spacial score (nSPS) is 11.9. The van der Waals surface area contributed by atoms with Crippen molar-refractivity contribution >= 4 is 40.0 Å². The summed E-state index contributed by atoms with van der Waals surface area (Å²) in [7, 11) is -3.13. The molecule has 0 bridgehead atoms. The van der Waals surface area contributed by atoms with Crippen molar-refractivity contribution in [3.8, 4) is 0 Å². The first-order chi connectivity index (χ1) is 10.3. The number of rotatable bonds is 8. The highest BCUT2D eigenvalue weighted by Crippen LogP contribution is 2.08. The van der Waals surface area contributed by atoms with Gasteiger partial charge < -0.3 is 15.1 Å². The maximum absolute atomic E-state index is 10.9. The van der Waals surface area contributed by atoms with E-state index >= 15 is 0 Å². The van der Waals surface area contributed by atoms with E-state index in [1.54, 1.807) is 0 Å². The van der Waals surface area contributed by atoms with Crippen molar-refractivity contribution in [2.75, 3.05) is 25.9 Å². The van der Waals surface area contributed by atoms with E-state index in [1.165, 1.54) is 0 Å². The number of nitrogens with zero attached hydrogens (tertiary/aromatic N) is 2. The number of hydrogen-bond donors (Lipinski definition) is 3. The van der Waals surface area contributed by atoms with Crippen LogP contribution in [0, 0.1) is 13.8 Å². The van der Waals surface area contributed by atoms with Crippen LogP contribution in [0.4, 0.5) is 0 Å². The fraction of sp³-hybridized carbons (Fsp3) is 0.692. The molecule has 0 atom stereocenters. The molecule has 0 aliphatic carbocycles. The second-order valence-corrected chi connectivity index (χ2v) is 6.72. The van der Waals surface area contributed by atoms with E-state index in [0.29, 0.717) is 37.9 Å². The lowest BCUT2D eigenvalue weighted by molar-refractivity contribution is 0.472. The molecule has 0 unspecified atom stereocenters. The van der Waals surface area contributed by atoms with Crippen LogP contribution in [0.15, 0.2) is 9.41 Å². The predicted molar refractivity (Wildman–Crippen MR) is 102 cm³/mol. The van der Waals surface area contributed by atoms with Crippen LogP contribution in [-0.2, 0) is 16.6 Å².